The van der Waals surface area contributed by atoms with Gasteiger partial charge in [-0.15, -0.1) is 0 Å². The highest BCUT2D eigenvalue weighted by Gasteiger charge is 2.19. The van der Waals surface area contributed by atoms with Crippen molar-refractivity contribution in [3.05, 3.63) is 64.4 Å². The first-order chi connectivity index (χ1) is 13.2. The van der Waals surface area contributed by atoms with Crippen molar-refractivity contribution in [1.82, 2.24) is 4.57 Å². The van der Waals surface area contributed by atoms with Crippen molar-refractivity contribution in [3.63, 3.8) is 0 Å². The summed E-state index contributed by atoms with van der Waals surface area (Å²) in [6, 6.07) is 15.4. The van der Waals surface area contributed by atoms with Gasteiger partial charge in [-0.2, -0.15) is 0 Å². The van der Waals surface area contributed by atoms with Crippen LogP contribution in [-0.4, -0.2) is 18.8 Å². The molecular weight excluding hydrogens is 342 g/mol. The molecule has 2 aromatic carbocycles. The van der Waals surface area contributed by atoms with E-state index in [9.17, 15) is 4.79 Å². The van der Waals surface area contributed by atoms with E-state index >= 15 is 0 Å². The number of hydrogen-bond acceptors (Lipinski definition) is 4. The number of nitrogens with zero attached hydrogens (tertiary/aromatic N) is 1. The Kier molecular flexibility index (Phi) is 6.01. The van der Waals surface area contributed by atoms with Crippen molar-refractivity contribution in [3.8, 4) is 17.2 Å². The number of unbranched alkanes of at least 4 members (excludes halogenated alkanes) is 1. The second-order valence-electron chi connectivity index (χ2n) is 6.33. The monoisotopic (exact) mass is 367 g/mol. The van der Waals surface area contributed by atoms with Gasteiger partial charge in [-0.05, 0) is 24.1 Å². The molecule has 27 heavy (non-hydrogen) atoms. The SMILES string of the molecule is CCCCn1c(=O)c(OCc2ccccc2)c(OC)c2ccc(OC)cc21. The summed E-state index contributed by atoms with van der Waals surface area (Å²) in [5.74, 6) is 1.41. The molecule has 0 aliphatic rings. The standard InChI is InChI=1S/C22H25NO4/c1-4-5-13-23-19-14-17(25-2)11-12-18(19)20(26-3)21(22(23)24)27-15-16-9-7-6-8-10-16/h6-12,14H,4-5,13,15H2,1-3H3. The number of methoxy groups -OCH3 is 2. The average molecular weight is 367 g/mol. The highest BCUT2D eigenvalue weighted by atomic mass is 16.5. The van der Waals surface area contributed by atoms with Crippen molar-refractivity contribution in [1.29, 1.82) is 0 Å². The molecule has 0 radical (unpaired) electrons. The Labute approximate surface area is 159 Å². The summed E-state index contributed by atoms with van der Waals surface area (Å²) in [6.07, 6.45) is 1.89. The minimum Gasteiger partial charge on any atom is -0.497 e. The lowest BCUT2D eigenvalue weighted by molar-refractivity contribution is 0.279. The third-order valence-electron chi connectivity index (χ3n) is 4.55. The maximum atomic E-state index is 13.2. The predicted molar refractivity (Wildman–Crippen MR) is 107 cm³/mol. The molecule has 3 aromatic rings. The van der Waals surface area contributed by atoms with E-state index in [4.69, 9.17) is 14.2 Å². The van der Waals surface area contributed by atoms with E-state index in [1.807, 2.05) is 48.5 Å². The van der Waals surface area contributed by atoms with Crippen LogP contribution in [0, 0.1) is 0 Å². The summed E-state index contributed by atoms with van der Waals surface area (Å²) in [6.45, 7) is 3.02. The highest BCUT2D eigenvalue weighted by Crippen LogP contribution is 2.34. The first-order valence-electron chi connectivity index (χ1n) is 9.14. The molecule has 5 heteroatoms. The minimum atomic E-state index is -0.183. The predicted octanol–water partition coefficient (Wildman–Crippen LogP) is 4.40. The Balaban J connectivity index is 2.13. The van der Waals surface area contributed by atoms with E-state index < -0.39 is 0 Å². The first kappa shape index (κ1) is 18.8. The molecule has 0 N–H and O–H groups in total. The molecule has 0 fully saturated rings. The zero-order valence-electron chi connectivity index (χ0n) is 16.0. The molecule has 0 unspecified atom stereocenters. The van der Waals surface area contributed by atoms with Crippen LogP contribution in [0.1, 0.15) is 25.3 Å². The third kappa shape index (κ3) is 3.92. The molecule has 0 atom stereocenters. The average Bonchev–Trinajstić information content (AvgIpc) is 2.71. The Morgan fingerprint density at radius 2 is 1.74 bits per heavy atom. The summed E-state index contributed by atoms with van der Waals surface area (Å²) in [5, 5.41) is 0.831. The number of pyridine rings is 1. The molecule has 0 saturated carbocycles. The topological polar surface area (TPSA) is 49.7 Å². The lowest BCUT2D eigenvalue weighted by atomic mass is 10.1. The van der Waals surface area contributed by atoms with Gasteiger partial charge in [-0.25, -0.2) is 0 Å². The van der Waals surface area contributed by atoms with Crippen molar-refractivity contribution in [2.45, 2.75) is 32.9 Å². The van der Waals surface area contributed by atoms with E-state index in [0.29, 0.717) is 24.7 Å². The van der Waals surface area contributed by atoms with E-state index in [-0.39, 0.29) is 11.3 Å². The molecule has 1 aromatic heterocycles. The lowest BCUT2D eigenvalue weighted by Crippen LogP contribution is -2.23. The number of hydrogen-bond donors (Lipinski definition) is 0. The van der Waals surface area contributed by atoms with Crippen LogP contribution in [0.25, 0.3) is 10.9 Å². The quantitative estimate of drug-likeness (QED) is 0.592. The van der Waals surface area contributed by atoms with Gasteiger partial charge in [0.25, 0.3) is 5.56 Å². The van der Waals surface area contributed by atoms with Crippen molar-refractivity contribution in [2.24, 2.45) is 0 Å². The van der Waals surface area contributed by atoms with E-state index in [1.165, 1.54) is 0 Å². The van der Waals surface area contributed by atoms with Crippen LogP contribution in [0.5, 0.6) is 17.2 Å². The Hall–Kier alpha value is -2.95. The van der Waals surface area contributed by atoms with Crippen LogP contribution in [0.4, 0.5) is 0 Å². The molecule has 0 saturated heterocycles. The van der Waals surface area contributed by atoms with Crippen molar-refractivity contribution in [2.75, 3.05) is 14.2 Å². The van der Waals surface area contributed by atoms with E-state index in [0.717, 1.165) is 29.3 Å². The normalized spacial score (nSPS) is 10.8. The van der Waals surface area contributed by atoms with E-state index in [1.54, 1.807) is 18.8 Å². The van der Waals surface area contributed by atoms with Crippen LogP contribution in [0.15, 0.2) is 53.3 Å². The van der Waals surface area contributed by atoms with Gasteiger partial charge in [0.15, 0.2) is 5.75 Å². The summed E-state index contributed by atoms with van der Waals surface area (Å²) >= 11 is 0. The summed E-state index contributed by atoms with van der Waals surface area (Å²) in [5.41, 5.74) is 1.60. The molecule has 142 valence electrons. The zero-order valence-corrected chi connectivity index (χ0v) is 16.0. The molecule has 0 bridgehead atoms. The van der Waals surface area contributed by atoms with Gasteiger partial charge >= 0.3 is 0 Å². The fourth-order valence-electron chi connectivity index (χ4n) is 3.10. The maximum absolute atomic E-state index is 13.2. The zero-order chi connectivity index (χ0) is 19.2. The summed E-state index contributed by atoms with van der Waals surface area (Å²) in [7, 11) is 3.18. The number of ether oxygens (including phenoxy) is 3. The molecular formula is C22H25NO4. The molecule has 0 aliphatic heterocycles. The number of benzene rings is 2. The summed E-state index contributed by atoms with van der Waals surface area (Å²) < 4.78 is 18.6. The number of aryl methyl sites for hydroxylation is 1. The third-order valence-corrected chi connectivity index (χ3v) is 4.55. The van der Waals surface area contributed by atoms with Gasteiger partial charge in [-0.1, -0.05) is 43.7 Å². The van der Waals surface area contributed by atoms with Gasteiger partial charge in [0.1, 0.15) is 12.4 Å². The first-order valence-corrected chi connectivity index (χ1v) is 9.14. The fraction of sp³-hybridized carbons (Fsp3) is 0.318. The lowest BCUT2D eigenvalue weighted by Gasteiger charge is -2.18. The van der Waals surface area contributed by atoms with Crippen LogP contribution in [0.3, 0.4) is 0 Å². The molecule has 0 amide bonds. The number of fused-ring (bicyclic) bond motifs is 1. The van der Waals surface area contributed by atoms with Gasteiger partial charge < -0.3 is 18.8 Å². The maximum Gasteiger partial charge on any atom is 0.297 e. The van der Waals surface area contributed by atoms with Gasteiger partial charge in [-0.3, -0.25) is 4.79 Å². The smallest absolute Gasteiger partial charge is 0.297 e. The molecule has 0 aliphatic carbocycles. The van der Waals surface area contributed by atoms with Crippen LogP contribution in [0.2, 0.25) is 0 Å². The fourth-order valence-corrected chi connectivity index (χ4v) is 3.10. The number of aromatic nitrogens is 1. The van der Waals surface area contributed by atoms with Gasteiger partial charge in [0, 0.05) is 18.0 Å². The second kappa shape index (κ2) is 8.62. The summed E-state index contributed by atoms with van der Waals surface area (Å²) in [4.78, 5) is 13.2. The highest BCUT2D eigenvalue weighted by molar-refractivity contribution is 5.89. The molecule has 3 rings (SSSR count). The van der Waals surface area contributed by atoms with E-state index in [2.05, 4.69) is 6.92 Å². The molecule has 5 nitrogen and oxygen atoms in total. The number of rotatable bonds is 8. The molecule has 0 spiro atoms. The van der Waals surface area contributed by atoms with Crippen LogP contribution in [-0.2, 0) is 13.2 Å². The second-order valence-corrected chi connectivity index (χ2v) is 6.33. The van der Waals surface area contributed by atoms with Gasteiger partial charge in [0.2, 0.25) is 5.75 Å². The Bertz CT molecular complexity index is 963. The minimum absolute atomic E-state index is 0.183. The van der Waals surface area contributed by atoms with Crippen molar-refractivity contribution < 1.29 is 14.2 Å². The van der Waals surface area contributed by atoms with Crippen molar-refractivity contribution >= 4 is 10.9 Å². The molecule has 1 heterocycles. The Morgan fingerprint density at radius 3 is 2.41 bits per heavy atom. The van der Waals surface area contributed by atoms with Crippen LogP contribution < -0.4 is 19.8 Å². The van der Waals surface area contributed by atoms with Gasteiger partial charge in [0.05, 0.1) is 19.7 Å². The largest absolute Gasteiger partial charge is 0.497 e. The Morgan fingerprint density at radius 1 is 0.963 bits per heavy atom. The van der Waals surface area contributed by atoms with Crippen LogP contribution >= 0.6 is 0 Å².